The maximum atomic E-state index is 10.4. The monoisotopic (exact) mass is 205 g/mol. The molecule has 5 heteroatoms. The zero-order chi connectivity index (χ0) is 11.3. The molecule has 0 bridgehead atoms. The standard InChI is InChI=1S/C10H11N3O2/c1-3-4-5-11-10-8(2)6-9(7-12-10)13(14)15/h1,6-7H,4-5H2,2H3,(H,11,12). The van der Waals surface area contributed by atoms with Crippen molar-refractivity contribution in [1.29, 1.82) is 0 Å². The van der Waals surface area contributed by atoms with E-state index in [1.165, 1.54) is 12.3 Å². The van der Waals surface area contributed by atoms with E-state index in [1.54, 1.807) is 6.92 Å². The maximum Gasteiger partial charge on any atom is 0.287 e. The topological polar surface area (TPSA) is 68.1 Å². The molecular formula is C10H11N3O2. The lowest BCUT2D eigenvalue weighted by Gasteiger charge is -2.05. The number of pyridine rings is 1. The minimum absolute atomic E-state index is 0.00463. The number of anilines is 1. The lowest BCUT2D eigenvalue weighted by molar-refractivity contribution is -0.385. The van der Waals surface area contributed by atoms with Gasteiger partial charge < -0.3 is 5.32 Å². The van der Waals surface area contributed by atoms with Gasteiger partial charge in [0.15, 0.2) is 0 Å². The Morgan fingerprint density at radius 3 is 3.00 bits per heavy atom. The molecule has 0 atom stereocenters. The summed E-state index contributed by atoms with van der Waals surface area (Å²) in [5.41, 5.74) is 0.733. The Morgan fingerprint density at radius 2 is 2.47 bits per heavy atom. The van der Waals surface area contributed by atoms with Crippen LogP contribution >= 0.6 is 0 Å². The molecule has 1 N–H and O–H groups in total. The van der Waals surface area contributed by atoms with Gasteiger partial charge in [-0.05, 0) is 12.5 Å². The van der Waals surface area contributed by atoms with Gasteiger partial charge in [0.05, 0.1) is 4.92 Å². The van der Waals surface area contributed by atoms with E-state index >= 15 is 0 Å². The van der Waals surface area contributed by atoms with Gasteiger partial charge in [0, 0.05) is 19.0 Å². The summed E-state index contributed by atoms with van der Waals surface area (Å²) in [4.78, 5) is 13.9. The van der Waals surface area contributed by atoms with E-state index in [9.17, 15) is 10.1 Å². The molecule has 0 unspecified atom stereocenters. The van der Waals surface area contributed by atoms with Crippen LogP contribution in [0.15, 0.2) is 12.3 Å². The largest absolute Gasteiger partial charge is 0.369 e. The molecule has 5 nitrogen and oxygen atoms in total. The Morgan fingerprint density at radius 1 is 1.73 bits per heavy atom. The highest BCUT2D eigenvalue weighted by atomic mass is 16.6. The van der Waals surface area contributed by atoms with E-state index < -0.39 is 4.92 Å². The number of nitro groups is 1. The summed E-state index contributed by atoms with van der Waals surface area (Å²) in [5.74, 6) is 3.12. The predicted molar refractivity (Wildman–Crippen MR) is 57.6 cm³/mol. The molecule has 1 aromatic rings. The first kappa shape index (κ1) is 11.0. The third-order valence-electron chi connectivity index (χ3n) is 1.84. The molecule has 0 aliphatic heterocycles. The summed E-state index contributed by atoms with van der Waals surface area (Å²) < 4.78 is 0. The number of nitrogens with zero attached hydrogens (tertiary/aromatic N) is 2. The minimum Gasteiger partial charge on any atom is -0.369 e. The SMILES string of the molecule is C#CCCNc1ncc([N+](=O)[O-])cc1C. The van der Waals surface area contributed by atoms with Gasteiger partial charge in [-0.25, -0.2) is 4.98 Å². The van der Waals surface area contributed by atoms with Crippen LogP contribution in [-0.4, -0.2) is 16.5 Å². The van der Waals surface area contributed by atoms with E-state index in [1.807, 2.05) is 0 Å². The summed E-state index contributed by atoms with van der Waals surface area (Å²) in [5, 5.41) is 13.4. The quantitative estimate of drug-likeness (QED) is 0.352. The maximum absolute atomic E-state index is 10.4. The van der Waals surface area contributed by atoms with Gasteiger partial charge in [0.1, 0.15) is 12.0 Å². The van der Waals surface area contributed by atoms with Crippen LogP contribution in [0.5, 0.6) is 0 Å². The molecule has 0 saturated carbocycles. The van der Waals surface area contributed by atoms with E-state index in [2.05, 4.69) is 16.2 Å². The Bertz CT molecular complexity index is 410. The van der Waals surface area contributed by atoms with Crippen molar-refractivity contribution in [2.45, 2.75) is 13.3 Å². The zero-order valence-corrected chi connectivity index (χ0v) is 8.36. The van der Waals surface area contributed by atoms with Crippen LogP contribution < -0.4 is 5.32 Å². The summed E-state index contributed by atoms with van der Waals surface area (Å²) in [6, 6.07) is 1.48. The van der Waals surface area contributed by atoms with Gasteiger partial charge >= 0.3 is 0 Å². The van der Waals surface area contributed by atoms with Crippen LogP contribution in [0.4, 0.5) is 11.5 Å². The van der Waals surface area contributed by atoms with Gasteiger partial charge in [-0.15, -0.1) is 12.3 Å². The van der Waals surface area contributed by atoms with Crippen molar-refractivity contribution in [3.63, 3.8) is 0 Å². The van der Waals surface area contributed by atoms with Crippen molar-refractivity contribution in [2.75, 3.05) is 11.9 Å². The summed E-state index contributed by atoms with van der Waals surface area (Å²) in [7, 11) is 0. The van der Waals surface area contributed by atoms with Crippen molar-refractivity contribution >= 4 is 11.5 Å². The fraction of sp³-hybridized carbons (Fsp3) is 0.300. The number of hydrogen-bond acceptors (Lipinski definition) is 4. The van der Waals surface area contributed by atoms with Gasteiger partial charge in [-0.3, -0.25) is 10.1 Å². The highest BCUT2D eigenvalue weighted by molar-refractivity contribution is 5.48. The number of hydrogen-bond donors (Lipinski definition) is 1. The fourth-order valence-electron chi connectivity index (χ4n) is 1.10. The molecule has 0 spiro atoms. The Hall–Kier alpha value is -2.09. The summed E-state index contributed by atoms with van der Waals surface area (Å²) in [6.45, 7) is 2.38. The van der Waals surface area contributed by atoms with Crippen LogP contribution in [0.25, 0.3) is 0 Å². The van der Waals surface area contributed by atoms with E-state index in [4.69, 9.17) is 6.42 Å². The summed E-state index contributed by atoms with van der Waals surface area (Å²) >= 11 is 0. The average Bonchev–Trinajstić information content (AvgIpc) is 2.20. The van der Waals surface area contributed by atoms with Crippen LogP contribution in [0.3, 0.4) is 0 Å². The predicted octanol–water partition coefficient (Wildman–Crippen LogP) is 1.73. The Labute approximate surface area is 87.7 Å². The fourth-order valence-corrected chi connectivity index (χ4v) is 1.10. The number of terminal acetylenes is 1. The number of rotatable bonds is 4. The molecule has 1 rings (SSSR count). The summed E-state index contributed by atoms with van der Waals surface area (Å²) in [6.07, 6.45) is 6.92. The van der Waals surface area contributed by atoms with Crippen LogP contribution in [0.2, 0.25) is 0 Å². The molecule has 0 saturated heterocycles. The Kier molecular flexibility index (Phi) is 3.63. The van der Waals surface area contributed by atoms with Crippen LogP contribution in [-0.2, 0) is 0 Å². The first-order valence-corrected chi connectivity index (χ1v) is 4.43. The second kappa shape index (κ2) is 4.96. The van der Waals surface area contributed by atoms with E-state index in [0.29, 0.717) is 18.8 Å². The second-order valence-corrected chi connectivity index (χ2v) is 3.00. The van der Waals surface area contributed by atoms with Crippen molar-refractivity contribution in [3.05, 3.63) is 27.9 Å². The van der Waals surface area contributed by atoms with E-state index in [0.717, 1.165) is 5.56 Å². The first-order valence-electron chi connectivity index (χ1n) is 4.43. The van der Waals surface area contributed by atoms with Crippen molar-refractivity contribution in [3.8, 4) is 12.3 Å². The molecule has 1 heterocycles. The molecule has 15 heavy (non-hydrogen) atoms. The van der Waals surface area contributed by atoms with Crippen molar-refractivity contribution in [1.82, 2.24) is 4.98 Å². The second-order valence-electron chi connectivity index (χ2n) is 3.00. The first-order chi connectivity index (χ1) is 7.15. The molecule has 0 aliphatic carbocycles. The van der Waals surface area contributed by atoms with Gasteiger partial charge in [0.25, 0.3) is 5.69 Å². The molecule has 0 aromatic carbocycles. The molecule has 1 aromatic heterocycles. The molecule has 78 valence electrons. The van der Waals surface area contributed by atoms with Crippen molar-refractivity contribution < 1.29 is 4.92 Å². The molecule has 0 fully saturated rings. The normalized spacial score (nSPS) is 9.33. The zero-order valence-electron chi connectivity index (χ0n) is 8.36. The lowest BCUT2D eigenvalue weighted by atomic mass is 10.2. The highest BCUT2D eigenvalue weighted by Crippen LogP contribution is 2.17. The third-order valence-corrected chi connectivity index (χ3v) is 1.84. The number of aryl methyl sites for hydroxylation is 1. The minimum atomic E-state index is -0.467. The van der Waals surface area contributed by atoms with Crippen LogP contribution in [0, 0.1) is 29.4 Å². The van der Waals surface area contributed by atoms with Crippen LogP contribution in [0.1, 0.15) is 12.0 Å². The molecular weight excluding hydrogens is 194 g/mol. The Balaban J connectivity index is 2.76. The smallest absolute Gasteiger partial charge is 0.287 e. The van der Waals surface area contributed by atoms with E-state index in [-0.39, 0.29) is 5.69 Å². The number of aromatic nitrogens is 1. The average molecular weight is 205 g/mol. The molecule has 0 radical (unpaired) electrons. The molecule has 0 aliphatic rings. The third kappa shape index (κ3) is 2.95. The van der Waals surface area contributed by atoms with Gasteiger partial charge in [-0.2, -0.15) is 0 Å². The lowest BCUT2D eigenvalue weighted by Crippen LogP contribution is -2.04. The number of nitrogens with one attached hydrogen (secondary N) is 1. The van der Waals surface area contributed by atoms with Gasteiger partial charge in [-0.1, -0.05) is 0 Å². The molecule has 0 amide bonds. The van der Waals surface area contributed by atoms with Gasteiger partial charge in [0.2, 0.25) is 0 Å². The van der Waals surface area contributed by atoms with Crippen molar-refractivity contribution in [2.24, 2.45) is 0 Å². The highest BCUT2D eigenvalue weighted by Gasteiger charge is 2.08.